The number of nitrogens with one attached hydrogen (secondary N) is 2. The van der Waals surface area contributed by atoms with Crippen LogP contribution in [0.15, 0.2) is 54.2 Å². The van der Waals surface area contributed by atoms with Gasteiger partial charge in [-0.05, 0) is 49.6 Å². The number of nitrogens with zero attached hydrogens (tertiary/aromatic N) is 1. The molecular weight excluding hydrogens is 286 g/mol. The maximum Gasteiger partial charge on any atom is 0.267 e. The smallest absolute Gasteiger partial charge is 0.267 e. The van der Waals surface area contributed by atoms with Crippen molar-refractivity contribution < 1.29 is 4.79 Å². The molecular formula is C19H19N3O. The van der Waals surface area contributed by atoms with E-state index in [1.54, 1.807) is 6.07 Å². The molecule has 0 aromatic heterocycles. The Labute approximate surface area is 136 Å². The van der Waals surface area contributed by atoms with Gasteiger partial charge in [0.25, 0.3) is 5.91 Å². The topological polar surface area (TPSA) is 64.9 Å². The van der Waals surface area contributed by atoms with Crippen molar-refractivity contribution >= 4 is 17.3 Å². The van der Waals surface area contributed by atoms with Gasteiger partial charge in [-0.15, -0.1) is 0 Å². The Hall–Kier alpha value is -3.06. The molecule has 4 nitrogen and oxygen atoms in total. The van der Waals surface area contributed by atoms with E-state index in [0.29, 0.717) is 5.69 Å². The van der Waals surface area contributed by atoms with Crippen molar-refractivity contribution in [3.8, 4) is 6.07 Å². The molecule has 2 N–H and O–H groups in total. The highest BCUT2D eigenvalue weighted by Gasteiger charge is 2.10. The quantitative estimate of drug-likeness (QED) is 0.661. The first-order chi connectivity index (χ1) is 11.0. The van der Waals surface area contributed by atoms with Crippen LogP contribution >= 0.6 is 0 Å². The largest absolute Gasteiger partial charge is 0.360 e. The molecule has 0 aliphatic carbocycles. The lowest BCUT2D eigenvalue weighted by atomic mass is 10.1. The molecule has 0 bridgehead atoms. The van der Waals surface area contributed by atoms with E-state index < -0.39 is 5.91 Å². The van der Waals surface area contributed by atoms with Crippen LogP contribution in [0.5, 0.6) is 0 Å². The third kappa shape index (κ3) is 4.21. The zero-order chi connectivity index (χ0) is 16.8. The number of hydrogen-bond acceptors (Lipinski definition) is 3. The van der Waals surface area contributed by atoms with Crippen LogP contribution in [0.25, 0.3) is 0 Å². The summed E-state index contributed by atoms with van der Waals surface area (Å²) in [6, 6.07) is 15.3. The minimum absolute atomic E-state index is 0.0224. The molecule has 23 heavy (non-hydrogen) atoms. The summed E-state index contributed by atoms with van der Waals surface area (Å²) in [4.78, 5) is 12.2. The Morgan fingerprint density at radius 2 is 1.74 bits per heavy atom. The molecule has 0 spiro atoms. The number of anilines is 2. The van der Waals surface area contributed by atoms with E-state index >= 15 is 0 Å². The fourth-order valence-corrected chi connectivity index (χ4v) is 2.26. The van der Waals surface area contributed by atoms with Crippen LogP contribution in [0.3, 0.4) is 0 Å². The first-order valence-corrected chi connectivity index (χ1v) is 7.32. The normalized spacial score (nSPS) is 10.8. The summed E-state index contributed by atoms with van der Waals surface area (Å²) in [5.41, 5.74) is 4.75. The summed E-state index contributed by atoms with van der Waals surface area (Å²) in [6.45, 7) is 5.89. The van der Waals surface area contributed by atoms with Gasteiger partial charge in [-0.1, -0.05) is 30.3 Å². The van der Waals surface area contributed by atoms with Crippen molar-refractivity contribution in [2.45, 2.75) is 20.8 Å². The van der Waals surface area contributed by atoms with Crippen molar-refractivity contribution in [1.82, 2.24) is 0 Å². The standard InChI is InChI=1S/C19H19N3O/c1-13-6-4-9-17(10-13)22-19(23)16(11-20)12-21-18-14(2)7-5-8-15(18)3/h4-10,12,21H,1-3H3,(H,22,23)/b16-12-. The second-order valence-corrected chi connectivity index (χ2v) is 5.40. The van der Waals surface area contributed by atoms with E-state index in [9.17, 15) is 10.1 Å². The molecule has 2 rings (SSSR count). The van der Waals surface area contributed by atoms with Crippen LogP contribution in [-0.4, -0.2) is 5.91 Å². The van der Waals surface area contributed by atoms with Gasteiger partial charge in [0.15, 0.2) is 0 Å². The van der Waals surface area contributed by atoms with Gasteiger partial charge in [0, 0.05) is 17.6 Å². The summed E-state index contributed by atoms with van der Waals surface area (Å²) in [5.74, 6) is -0.433. The Morgan fingerprint density at radius 3 is 2.35 bits per heavy atom. The molecule has 2 aromatic carbocycles. The zero-order valence-electron chi connectivity index (χ0n) is 13.5. The van der Waals surface area contributed by atoms with E-state index in [4.69, 9.17) is 0 Å². The number of para-hydroxylation sites is 1. The van der Waals surface area contributed by atoms with E-state index in [-0.39, 0.29) is 5.57 Å². The van der Waals surface area contributed by atoms with Gasteiger partial charge in [0.2, 0.25) is 0 Å². The Balaban J connectivity index is 2.16. The number of amides is 1. The van der Waals surface area contributed by atoms with Crippen LogP contribution in [0.4, 0.5) is 11.4 Å². The zero-order valence-corrected chi connectivity index (χ0v) is 13.5. The lowest BCUT2D eigenvalue weighted by molar-refractivity contribution is -0.112. The Kier molecular flexibility index (Phi) is 5.16. The highest BCUT2D eigenvalue weighted by atomic mass is 16.1. The van der Waals surface area contributed by atoms with Crippen LogP contribution in [0.1, 0.15) is 16.7 Å². The predicted molar refractivity (Wildman–Crippen MR) is 93.0 cm³/mol. The monoisotopic (exact) mass is 305 g/mol. The van der Waals surface area contributed by atoms with Crippen molar-refractivity contribution in [1.29, 1.82) is 5.26 Å². The molecule has 0 fully saturated rings. The second-order valence-electron chi connectivity index (χ2n) is 5.40. The minimum Gasteiger partial charge on any atom is -0.360 e. The van der Waals surface area contributed by atoms with E-state index in [1.807, 2.05) is 63.2 Å². The average molecular weight is 305 g/mol. The Bertz CT molecular complexity index is 780. The summed E-state index contributed by atoms with van der Waals surface area (Å²) < 4.78 is 0. The maximum atomic E-state index is 12.2. The van der Waals surface area contributed by atoms with Gasteiger partial charge in [-0.25, -0.2) is 0 Å². The molecule has 0 aliphatic rings. The summed E-state index contributed by atoms with van der Waals surface area (Å²) >= 11 is 0. The van der Waals surface area contributed by atoms with Gasteiger partial charge >= 0.3 is 0 Å². The molecule has 0 aliphatic heterocycles. The summed E-state index contributed by atoms with van der Waals surface area (Å²) in [6.07, 6.45) is 1.44. The third-order valence-corrected chi connectivity index (χ3v) is 3.48. The SMILES string of the molecule is Cc1cccc(NC(=O)/C(C#N)=C\Nc2c(C)cccc2C)c1. The van der Waals surface area contributed by atoms with E-state index in [0.717, 1.165) is 22.4 Å². The summed E-state index contributed by atoms with van der Waals surface area (Å²) in [7, 11) is 0. The highest BCUT2D eigenvalue weighted by Crippen LogP contribution is 2.19. The van der Waals surface area contributed by atoms with E-state index in [1.165, 1.54) is 6.20 Å². The molecule has 4 heteroatoms. The first-order valence-electron chi connectivity index (χ1n) is 7.32. The van der Waals surface area contributed by atoms with Gasteiger partial charge in [-0.2, -0.15) is 5.26 Å². The van der Waals surface area contributed by atoms with E-state index in [2.05, 4.69) is 10.6 Å². The molecule has 0 radical (unpaired) electrons. The van der Waals surface area contributed by atoms with Crippen molar-refractivity contribution in [2.75, 3.05) is 10.6 Å². The minimum atomic E-state index is -0.433. The van der Waals surface area contributed by atoms with Crippen LogP contribution in [-0.2, 0) is 4.79 Å². The average Bonchev–Trinajstić information content (AvgIpc) is 2.50. The number of rotatable bonds is 4. The third-order valence-electron chi connectivity index (χ3n) is 3.48. The molecule has 0 saturated heterocycles. The lowest BCUT2D eigenvalue weighted by Crippen LogP contribution is -2.14. The fourth-order valence-electron chi connectivity index (χ4n) is 2.26. The number of benzene rings is 2. The highest BCUT2D eigenvalue weighted by molar-refractivity contribution is 6.06. The summed E-state index contributed by atoms with van der Waals surface area (Å²) in [5, 5.41) is 15.0. The van der Waals surface area contributed by atoms with Crippen molar-refractivity contribution in [3.05, 3.63) is 70.9 Å². The maximum absolute atomic E-state index is 12.2. The van der Waals surface area contributed by atoms with Crippen LogP contribution < -0.4 is 10.6 Å². The van der Waals surface area contributed by atoms with Crippen LogP contribution in [0, 0.1) is 32.1 Å². The predicted octanol–water partition coefficient (Wildman–Crippen LogP) is 4.07. The molecule has 0 saturated carbocycles. The number of carbonyl (C=O) groups excluding carboxylic acids is 1. The number of nitriles is 1. The van der Waals surface area contributed by atoms with Crippen molar-refractivity contribution in [2.24, 2.45) is 0 Å². The molecule has 0 unspecified atom stereocenters. The van der Waals surface area contributed by atoms with Crippen molar-refractivity contribution in [3.63, 3.8) is 0 Å². The molecule has 2 aromatic rings. The fraction of sp³-hybridized carbons (Fsp3) is 0.158. The van der Waals surface area contributed by atoms with Gasteiger partial charge in [-0.3, -0.25) is 4.79 Å². The lowest BCUT2D eigenvalue weighted by Gasteiger charge is -2.10. The van der Waals surface area contributed by atoms with Crippen LogP contribution in [0.2, 0.25) is 0 Å². The van der Waals surface area contributed by atoms with Gasteiger partial charge in [0.05, 0.1) is 0 Å². The molecule has 1 amide bonds. The number of aryl methyl sites for hydroxylation is 3. The molecule has 0 atom stereocenters. The number of carbonyl (C=O) groups is 1. The molecule has 116 valence electrons. The second kappa shape index (κ2) is 7.28. The Morgan fingerprint density at radius 1 is 1.09 bits per heavy atom. The van der Waals surface area contributed by atoms with Gasteiger partial charge < -0.3 is 10.6 Å². The molecule has 0 heterocycles. The van der Waals surface area contributed by atoms with Gasteiger partial charge in [0.1, 0.15) is 11.6 Å². The number of hydrogen-bond donors (Lipinski definition) is 2. The first kappa shape index (κ1) is 16.3.